The number of benzene rings is 1. The van der Waals surface area contributed by atoms with E-state index < -0.39 is 27.9 Å². The van der Waals surface area contributed by atoms with Gasteiger partial charge in [0.25, 0.3) is 0 Å². The summed E-state index contributed by atoms with van der Waals surface area (Å²) in [6.45, 7) is 1.71. The third-order valence-electron chi connectivity index (χ3n) is 2.71. The minimum Gasteiger partial charge on any atom is -0.480 e. The van der Waals surface area contributed by atoms with Crippen molar-refractivity contribution in [1.82, 2.24) is 4.72 Å². The topological polar surface area (TPSA) is 127 Å². The van der Waals surface area contributed by atoms with Gasteiger partial charge in [-0.05, 0) is 37.1 Å². The van der Waals surface area contributed by atoms with E-state index in [1.807, 2.05) is 0 Å². The SMILES string of the molecule is Cc1cc(S(=O)(=O)N[C@H](CCC(N)=O)C(=O)O)ccc1Br. The van der Waals surface area contributed by atoms with Crippen molar-refractivity contribution in [3.63, 3.8) is 0 Å². The van der Waals surface area contributed by atoms with Gasteiger partial charge in [0.1, 0.15) is 6.04 Å². The first-order chi connectivity index (χ1) is 9.63. The lowest BCUT2D eigenvalue weighted by Crippen LogP contribution is -2.41. The smallest absolute Gasteiger partial charge is 0.321 e. The molecule has 1 atom stereocenters. The molecule has 1 rings (SSSR count). The molecule has 116 valence electrons. The summed E-state index contributed by atoms with van der Waals surface area (Å²) >= 11 is 3.25. The number of carbonyl (C=O) groups excluding carboxylic acids is 1. The molecule has 0 aliphatic heterocycles. The van der Waals surface area contributed by atoms with E-state index in [1.165, 1.54) is 12.1 Å². The number of amides is 1. The molecule has 0 heterocycles. The van der Waals surface area contributed by atoms with Crippen LogP contribution in [-0.2, 0) is 19.6 Å². The molecule has 4 N–H and O–H groups in total. The van der Waals surface area contributed by atoms with Crippen LogP contribution in [0.1, 0.15) is 18.4 Å². The van der Waals surface area contributed by atoms with Crippen LogP contribution in [0.5, 0.6) is 0 Å². The fraction of sp³-hybridized carbons (Fsp3) is 0.333. The number of carboxylic acids is 1. The summed E-state index contributed by atoms with van der Waals surface area (Å²) in [7, 11) is -4.00. The van der Waals surface area contributed by atoms with Crippen molar-refractivity contribution >= 4 is 37.8 Å². The normalized spacial score (nSPS) is 12.9. The minimum absolute atomic E-state index is 0.0477. The van der Waals surface area contributed by atoms with Crippen molar-refractivity contribution in [1.29, 1.82) is 0 Å². The highest BCUT2D eigenvalue weighted by molar-refractivity contribution is 9.10. The van der Waals surface area contributed by atoms with E-state index in [0.29, 0.717) is 5.56 Å². The van der Waals surface area contributed by atoms with Crippen LogP contribution < -0.4 is 10.5 Å². The Morgan fingerprint density at radius 3 is 2.52 bits per heavy atom. The lowest BCUT2D eigenvalue weighted by atomic mass is 10.2. The summed E-state index contributed by atoms with van der Waals surface area (Å²) < 4.78 is 27.1. The van der Waals surface area contributed by atoms with Gasteiger partial charge in [0, 0.05) is 10.9 Å². The second-order valence-electron chi connectivity index (χ2n) is 4.43. The minimum atomic E-state index is -4.00. The fourth-order valence-corrected chi connectivity index (χ4v) is 3.11. The monoisotopic (exact) mass is 378 g/mol. The largest absolute Gasteiger partial charge is 0.480 e. The first kappa shape index (κ1) is 17.6. The average molecular weight is 379 g/mol. The molecule has 7 nitrogen and oxygen atoms in total. The zero-order chi connectivity index (χ0) is 16.2. The Kier molecular flexibility index (Phi) is 5.87. The Labute approximate surface area is 130 Å². The molecule has 21 heavy (non-hydrogen) atoms. The van der Waals surface area contributed by atoms with Crippen LogP contribution in [0.3, 0.4) is 0 Å². The molecule has 0 unspecified atom stereocenters. The lowest BCUT2D eigenvalue weighted by Gasteiger charge is -2.14. The van der Waals surface area contributed by atoms with Gasteiger partial charge in [-0.2, -0.15) is 4.72 Å². The summed E-state index contributed by atoms with van der Waals surface area (Å²) in [4.78, 5) is 21.7. The molecule has 1 amide bonds. The lowest BCUT2D eigenvalue weighted by molar-refractivity contribution is -0.139. The highest BCUT2D eigenvalue weighted by atomic mass is 79.9. The fourth-order valence-electron chi connectivity index (χ4n) is 1.56. The maximum absolute atomic E-state index is 12.1. The number of carboxylic acid groups (broad SMARTS) is 1. The van der Waals surface area contributed by atoms with Gasteiger partial charge < -0.3 is 10.8 Å². The molecule has 0 aliphatic rings. The van der Waals surface area contributed by atoms with Crippen LogP contribution >= 0.6 is 15.9 Å². The highest BCUT2D eigenvalue weighted by Crippen LogP contribution is 2.20. The molecule has 9 heteroatoms. The number of hydrogen-bond donors (Lipinski definition) is 3. The van der Waals surface area contributed by atoms with Crippen molar-refractivity contribution in [2.75, 3.05) is 0 Å². The van der Waals surface area contributed by atoms with E-state index in [4.69, 9.17) is 10.8 Å². The van der Waals surface area contributed by atoms with E-state index in [-0.39, 0.29) is 17.7 Å². The first-order valence-electron chi connectivity index (χ1n) is 5.93. The molecule has 0 aromatic heterocycles. The van der Waals surface area contributed by atoms with Crippen LogP contribution in [0.25, 0.3) is 0 Å². The Bertz CT molecular complexity index is 660. The van der Waals surface area contributed by atoms with Gasteiger partial charge in [-0.1, -0.05) is 15.9 Å². The van der Waals surface area contributed by atoms with Gasteiger partial charge >= 0.3 is 5.97 Å². The number of rotatable bonds is 7. The molecule has 0 radical (unpaired) electrons. The quantitative estimate of drug-likeness (QED) is 0.645. The van der Waals surface area contributed by atoms with Crippen molar-refractivity contribution < 1.29 is 23.1 Å². The maximum Gasteiger partial charge on any atom is 0.321 e. The molecule has 0 spiro atoms. The molecule has 0 fully saturated rings. The van der Waals surface area contributed by atoms with E-state index in [9.17, 15) is 18.0 Å². The van der Waals surface area contributed by atoms with Gasteiger partial charge in [-0.15, -0.1) is 0 Å². The van der Waals surface area contributed by atoms with Crippen LogP contribution in [0.15, 0.2) is 27.6 Å². The molecule has 1 aromatic rings. The Morgan fingerprint density at radius 1 is 1.43 bits per heavy atom. The summed E-state index contributed by atoms with van der Waals surface area (Å²) in [5.74, 6) is -2.06. The number of primary amides is 1. The number of nitrogens with two attached hydrogens (primary N) is 1. The second-order valence-corrected chi connectivity index (χ2v) is 7.00. The van der Waals surface area contributed by atoms with E-state index >= 15 is 0 Å². The van der Waals surface area contributed by atoms with Gasteiger partial charge in [-0.3, -0.25) is 9.59 Å². The van der Waals surface area contributed by atoms with E-state index in [1.54, 1.807) is 13.0 Å². The molecule has 0 saturated carbocycles. The summed E-state index contributed by atoms with van der Waals surface area (Å²) in [6, 6.07) is 2.92. The third-order valence-corrected chi connectivity index (χ3v) is 5.07. The van der Waals surface area contributed by atoms with Gasteiger partial charge in [-0.25, -0.2) is 8.42 Å². The predicted molar refractivity (Wildman–Crippen MR) is 79.1 cm³/mol. The molecular formula is C12H15BrN2O5S. The summed E-state index contributed by atoms with van der Waals surface area (Å²) in [5, 5.41) is 9.01. The van der Waals surface area contributed by atoms with Crippen molar-refractivity contribution in [3.8, 4) is 0 Å². The van der Waals surface area contributed by atoms with Gasteiger partial charge in [0.2, 0.25) is 15.9 Å². The van der Waals surface area contributed by atoms with E-state index in [0.717, 1.165) is 4.47 Å². The molecule has 1 aromatic carbocycles. The third kappa shape index (κ3) is 5.10. The molecule has 0 aliphatic carbocycles. The Hall–Kier alpha value is -1.45. The standard InChI is InChI=1S/C12H15BrN2O5S/c1-7-6-8(2-3-9(7)13)21(19,20)15-10(12(17)18)4-5-11(14)16/h2-3,6,10,15H,4-5H2,1H3,(H2,14,16)(H,17,18)/t10-/m1/s1. The van der Waals surface area contributed by atoms with E-state index in [2.05, 4.69) is 20.7 Å². The zero-order valence-electron chi connectivity index (χ0n) is 11.2. The summed E-state index contributed by atoms with van der Waals surface area (Å²) in [6.07, 6.45) is -0.432. The number of nitrogens with one attached hydrogen (secondary N) is 1. The van der Waals surface area contributed by atoms with Crippen LogP contribution in [0, 0.1) is 6.92 Å². The van der Waals surface area contributed by atoms with Crippen molar-refractivity contribution in [2.45, 2.75) is 30.7 Å². The molecule has 0 bridgehead atoms. The molecule has 0 saturated heterocycles. The Balaban J connectivity index is 2.97. The first-order valence-corrected chi connectivity index (χ1v) is 8.20. The number of carbonyl (C=O) groups is 2. The second kappa shape index (κ2) is 7.01. The number of hydrogen-bond acceptors (Lipinski definition) is 4. The van der Waals surface area contributed by atoms with Crippen LogP contribution in [0.2, 0.25) is 0 Å². The predicted octanol–water partition coefficient (Wildman–Crippen LogP) is 0.755. The number of aliphatic carboxylic acids is 1. The van der Waals surface area contributed by atoms with Gasteiger partial charge in [0.05, 0.1) is 4.90 Å². The highest BCUT2D eigenvalue weighted by Gasteiger charge is 2.25. The maximum atomic E-state index is 12.1. The zero-order valence-corrected chi connectivity index (χ0v) is 13.6. The van der Waals surface area contributed by atoms with Crippen molar-refractivity contribution in [3.05, 3.63) is 28.2 Å². The summed E-state index contributed by atoms with van der Waals surface area (Å²) in [5.41, 5.74) is 5.63. The Morgan fingerprint density at radius 2 is 2.05 bits per heavy atom. The molecular weight excluding hydrogens is 364 g/mol. The number of halogens is 1. The number of sulfonamides is 1. The average Bonchev–Trinajstić information content (AvgIpc) is 2.37. The van der Waals surface area contributed by atoms with Crippen LogP contribution in [0.4, 0.5) is 0 Å². The number of aryl methyl sites for hydroxylation is 1. The van der Waals surface area contributed by atoms with Gasteiger partial charge in [0.15, 0.2) is 0 Å². The van der Waals surface area contributed by atoms with Crippen molar-refractivity contribution in [2.24, 2.45) is 5.73 Å². The van der Waals surface area contributed by atoms with Crippen LogP contribution in [-0.4, -0.2) is 31.4 Å².